The number of hydrogen-bond donors (Lipinski definition) is 1. The molecule has 0 amide bonds. The molecule has 1 aromatic rings. The van der Waals surface area contributed by atoms with Crippen LogP contribution >= 0.6 is 0 Å². The van der Waals surface area contributed by atoms with Gasteiger partial charge in [0.15, 0.2) is 0 Å². The lowest BCUT2D eigenvalue weighted by Gasteiger charge is -2.30. The number of methoxy groups -OCH3 is 2. The van der Waals surface area contributed by atoms with Crippen molar-refractivity contribution in [1.82, 2.24) is 5.32 Å². The van der Waals surface area contributed by atoms with Crippen molar-refractivity contribution < 1.29 is 9.47 Å². The minimum absolute atomic E-state index is 0.815. The van der Waals surface area contributed by atoms with Gasteiger partial charge in [-0.1, -0.05) is 0 Å². The van der Waals surface area contributed by atoms with Crippen molar-refractivity contribution in [2.75, 3.05) is 38.8 Å². The van der Waals surface area contributed by atoms with E-state index in [0.29, 0.717) is 0 Å². The van der Waals surface area contributed by atoms with E-state index in [1.165, 1.54) is 0 Å². The lowest BCUT2D eigenvalue weighted by atomic mass is 10.2. The van der Waals surface area contributed by atoms with Crippen molar-refractivity contribution in [3.63, 3.8) is 0 Å². The van der Waals surface area contributed by atoms with Crippen LogP contribution in [0.25, 0.3) is 0 Å². The van der Waals surface area contributed by atoms with Crippen molar-refractivity contribution in [3.05, 3.63) is 24.7 Å². The van der Waals surface area contributed by atoms with E-state index in [4.69, 9.17) is 9.47 Å². The van der Waals surface area contributed by atoms with E-state index in [0.717, 1.165) is 36.8 Å². The van der Waals surface area contributed by atoms with E-state index < -0.39 is 0 Å². The summed E-state index contributed by atoms with van der Waals surface area (Å²) < 4.78 is 10.6. The van der Waals surface area contributed by atoms with Crippen LogP contribution in [0.1, 0.15) is 0 Å². The molecule has 0 aliphatic carbocycles. The second kappa shape index (κ2) is 5.07. The van der Waals surface area contributed by atoms with Crippen LogP contribution in [0.15, 0.2) is 18.2 Å². The van der Waals surface area contributed by atoms with Gasteiger partial charge >= 0.3 is 0 Å². The molecule has 0 atom stereocenters. The van der Waals surface area contributed by atoms with E-state index in [1.807, 2.05) is 18.2 Å². The summed E-state index contributed by atoms with van der Waals surface area (Å²) in [5.74, 6) is 1.66. The first-order valence-electron chi connectivity index (χ1n) is 5.38. The molecule has 0 saturated carbocycles. The first-order chi connectivity index (χ1) is 7.85. The van der Waals surface area contributed by atoms with Gasteiger partial charge in [0.05, 0.1) is 26.5 Å². The van der Waals surface area contributed by atoms with Gasteiger partial charge in [0.1, 0.15) is 11.5 Å². The Morgan fingerprint density at radius 3 is 2.75 bits per heavy atom. The molecule has 0 bridgehead atoms. The Balaban J connectivity index is 2.24. The summed E-state index contributed by atoms with van der Waals surface area (Å²) in [6.45, 7) is 4.98. The SMILES string of the molecule is COc1ccc(N2[CH]CNCC2)c(OC)c1. The highest BCUT2D eigenvalue weighted by molar-refractivity contribution is 5.62. The van der Waals surface area contributed by atoms with Gasteiger partial charge in [-0.15, -0.1) is 0 Å². The molecule has 1 aromatic carbocycles. The molecule has 0 aromatic heterocycles. The fraction of sp³-hybridized carbons (Fsp3) is 0.417. The largest absolute Gasteiger partial charge is 0.497 e. The number of rotatable bonds is 3. The number of nitrogens with zero attached hydrogens (tertiary/aromatic N) is 1. The van der Waals surface area contributed by atoms with Crippen molar-refractivity contribution in [1.29, 1.82) is 0 Å². The van der Waals surface area contributed by atoms with Crippen molar-refractivity contribution in [2.45, 2.75) is 0 Å². The quantitative estimate of drug-likeness (QED) is 0.833. The molecule has 4 heteroatoms. The second-order valence-corrected chi connectivity index (χ2v) is 3.62. The number of anilines is 1. The Morgan fingerprint density at radius 1 is 1.25 bits per heavy atom. The van der Waals surface area contributed by atoms with Crippen LogP contribution in [0.3, 0.4) is 0 Å². The average Bonchev–Trinajstić information content (AvgIpc) is 2.39. The third-order valence-corrected chi connectivity index (χ3v) is 2.68. The van der Waals surface area contributed by atoms with Crippen molar-refractivity contribution >= 4 is 5.69 Å². The molecule has 1 saturated heterocycles. The number of nitrogens with one attached hydrogen (secondary N) is 1. The van der Waals surface area contributed by atoms with Gasteiger partial charge in [-0.2, -0.15) is 0 Å². The molecule has 16 heavy (non-hydrogen) atoms. The van der Waals surface area contributed by atoms with Crippen LogP contribution in [0, 0.1) is 6.54 Å². The summed E-state index contributed by atoms with van der Waals surface area (Å²) in [6.07, 6.45) is 0. The zero-order valence-electron chi connectivity index (χ0n) is 9.69. The fourth-order valence-corrected chi connectivity index (χ4v) is 1.81. The maximum absolute atomic E-state index is 5.38. The molecule has 4 nitrogen and oxygen atoms in total. The Bertz CT molecular complexity index is 349. The Kier molecular flexibility index (Phi) is 3.51. The van der Waals surface area contributed by atoms with Crippen LogP contribution < -0.4 is 19.7 Å². The van der Waals surface area contributed by atoms with Gasteiger partial charge in [-0.3, -0.25) is 0 Å². The van der Waals surface area contributed by atoms with Gasteiger partial charge in [0.25, 0.3) is 0 Å². The number of benzene rings is 1. The first-order valence-corrected chi connectivity index (χ1v) is 5.38. The second-order valence-electron chi connectivity index (χ2n) is 3.62. The van der Waals surface area contributed by atoms with E-state index in [1.54, 1.807) is 14.2 Å². The van der Waals surface area contributed by atoms with E-state index in [2.05, 4.69) is 16.8 Å². The first kappa shape index (κ1) is 11.1. The fourth-order valence-electron chi connectivity index (χ4n) is 1.81. The highest BCUT2D eigenvalue weighted by atomic mass is 16.5. The normalized spacial score (nSPS) is 16.0. The third kappa shape index (κ3) is 2.22. The zero-order valence-corrected chi connectivity index (χ0v) is 9.69. The van der Waals surface area contributed by atoms with E-state index >= 15 is 0 Å². The summed E-state index contributed by atoms with van der Waals surface area (Å²) in [4.78, 5) is 2.20. The standard InChI is InChI=1S/C12H17N2O2/c1-15-10-3-4-11(12(9-10)16-2)14-7-5-13-6-8-14/h3-4,7,9,13H,5-6,8H2,1-2H3. The van der Waals surface area contributed by atoms with Gasteiger partial charge in [0.2, 0.25) is 0 Å². The van der Waals surface area contributed by atoms with Gasteiger partial charge in [-0.05, 0) is 12.1 Å². The lowest BCUT2D eigenvalue weighted by Crippen LogP contribution is -2.40. The summed E-state index contributed by atoms with van der Waals surface area (Å²) in [5, 5.41) is 3.28. The summed E-state index contributed by atoms with van der Waals surface area (Å²) in [6, 6.07) is 5.89. The molecular weight excluding hydrogens is 204 g/mol. The maximum atomic E-state index is 5.38. The molecule has 1 heterocycles. The number of piperazine rings is 1. The molecular formula is C12H17N2O2. The molecule has 1 radical (unpaired) electrons. The Hall–Kier alpha value is -1.42. The monoisotopic (exact) mass is 221 g/mol. The molecule has 1 N–H and O–H groups in total. The molecule has 0 unspecified atom stereocenters. The van der Waals surface area contributed by atoms with Crippen molar-refractivity contribution in [3.8, 4) is 11.5 Å². The van der Waals surface area contributed by atoms with Crippen molar-refractivity contribution in [2.24, 2.45) is 0 Å². The molecule has 87 valence electrons. The molecule has 1 fully saturated rings. The predicted molar refractivity (Wildman–Crippen MR) is 64.1 cm³/mol. The Labute approximate surface area is 96.2 Å². The van der Waals surface area contributed by atoms with Gasteiger partial charge in [0, 0.05) is 25.7 Å². The molecule has 1 aliphatic rings. The lowest BCUT2D eigenvalue weighted by molar-refractivity contribution is 0.394. The molecule has 1 aliphatic heterocycles. The van der Waals surface area contributed by atoms with Gasteiger partial charge < -0.3 is 19.7 Å². The minimum atomic E-state index is 0.815. The van der Waals surface area contributed by atoms with Crippen LogP contribution in [-0.4, -0.2) is 33.9 Å². The van der Waals surface area contributed by atoms with Crippen LogP contribution in [-0.2, 0) is 0 Å². The Morgan fingerprint density at radius 2 is 2.12 bits per heavy atom. The molecule has 0 spiro atoms. The summed E-state index contributed by atoms with van der Waals surface area (Å²) >= 11 is 0. The highest BCUT2D eigenvalue weighted by Gasteiger charge is 2.15. The number of hydrogen-bond acceptors (Lipinski definition) is 4. The molecule has 2 rings (SSSR count). The summed E-state index contributed by atoms with van der Waals surface area (Å²) in [5.41, 5.74) is 1.09. The topological polar surface area (TPSA) is 33.7 Å². The third-order valence-electron chi connectivity index (χ3n) is 2.68. The highest BCUT2D eigenvalue weighted by Crippen LogP contribution is 2.32. The average molecular weight is 221 g/mol. The minimum Gasteiger partial charge on any atom is -0.497 e. The maximum Gasteiger partial charge on any atom is 0.145 e. The van der Waals surface area contributed by atoms with Crippen LogP contribution in [0.4, 0.5) is 5.69 Å². The van der Waals surface area contributed by atoms with E-state index in [9.17, 15) is 0 Å². The van der Waals surface area contributed by atoms with Crippen LogP contribution in [0.2, 0.25) is 0 Å². The predicted octanol–water partition coefficient (Wildman–Crippen LogP) is 1.28. The smallest absolute Gasteiger partial charge is 0.145 e. The van der Waals surface area contributed by atoms with Crippen LogP contribution in [0.5, 0.6) is 11.5 Å². The van der Waals surface area contributed by atoms with Gasteiger partial charge in [-0.25, -0.2) is 0 Å². The summed E-state index contributed by atoms with van der Waals surface area (Å²) in [7, 11) is 3.34. The number of ether oxygens (including phenoxy) is 2. The van der Waals surface area contributed by atoms with E-state index in [-0.39, 0.29) is 0 Å². The zero-order chi connectivity index (χ0) is 11.4.